The molecule has 19 heavy (non-hydrogen) atoms. The van der Waals surface area contributed by atoms with Crippen LogP contribution >= 0.6 is 11.3 Å². The van der Waals surface area contributed by atoms with E-state index in [0.717, 1.165) is 18.4 Å². The first-order valence-electron chi connectivity index (χ1n) is 6.52. The number of thiophene rings is 1. The van der Waals surface area contributed by atoms with Crippen LogP contribution in [0.1, 0.15) is 37.7 Å². The van der Waals surface area contributed by atoms with Crippen LogP contribution < -0.4 is 0 Å². The SMILES string of the molecule is CN(Cc1ccsc1)C(=O)CC1(C(=O)O)CCCC1. The molecule has 4 nitrogen and oxygen atoms in total. The molecule has 0 aromatic carbocycles. The fourth-order valence-electron chi connectivity index (χ4n) is 2.69. The smallest absolute Gasteiger partial charge is 0.310 e. The van der Waals surface area contributed by atoms with Crippen molar-refractivity contribution in [1.29, 1.82) is 0 Å². The summed E-state index contributed by atoms with van der Waals surface area (Å²) in [6.45, 7) is 0.554. The number of carboxylic acids is 1. The number of carbonyl (C=O) groups is 2. The first-order chi connectivity index (χ1) is 9.03. The molecule has 1 N–H and O–H groups in total. The second-order valence-corrected chi connectivity index (χ2v) is 6.13. The van der Waals surface area contributed by atoms with Gasteiger partial charge in [0.1, 0.15) is 0 Å². The molecule has 1 aromatic rings. The summed E-state index contributed by atoms with van der Waals surface area (Å²) in [5.74, 6) is -0.891. The number of rotatable bonds is 5. The van der Waals surface area contributed by atoms with Crippen molar-refractivity contribution in [3.8, 4) is 0 Å². The van der Waals surface area contributed by atoms with E-state index in [9.17, 15) is 14.7 Å². The quantitative estimate of drug-likeness (QED) is 0.903. The lowest BCUT2D eigenvalue weighted by molar-refractivity contribution is -0.153. The molecule has 0 radical (unpaired) electrons. The van der Waals surface area contributed by atoms with Crippen LogP contribution in [0, 0.1) is 5.41 Å². The topological polar surface area (TPSA) is 57.6 Å². The highest BCUT2D eigenvalue weighted by Gasteiger charge is 2.43. The zero-order valence-corrected chi connectivity index (χ0v) is 11.9. The highest BCUT2D eigenvalue weighted by Crippen LogP contribution is 2.41. The van der Waals surface area contributed by atoms with Gasteiger partial charge in [0, 0.05) is 20.0 Å². The Morgan fingerprint density at radius 3 is 2.63 bits per heavy atom. The Morgan fingerprint density at radius 2 is 2.11 bits per heavy atom. The zero-order valence-electron chi connectivity index (χ0n) is 11.1. The van der Waals surface area contributed by atoms with Crippen molar-refractivity contribution in [3.63, 3.8) is 0 Å². The van der Waals surface area contributed by atoms with Crippen molar-refractivity contribution in [2.75, 3.05) is 7.05 Å². The summed E-state index contributed by atoms with van der Waals surface area (Å²) < 4.78 is 0. The lowest BCUT2D eigenvalue weighted by Gasteiger charge is -2.26. The molecular weight excluding hydrogens is 262 g/mol. The molecule has 0 atom stereocenters. The summed E-state index contributed by atoms with van der Waals surface area (Å²) >= 11 is 1.60. The third kappa shape index (κ3) is 3.15. The van der Waals surface area contributed by atoms with Crippen molar-refractivity contribution in [1.82, 2.24) is 4.90 Å². The summed E-state index contributed by atoms with van der Waals surface area (Å²) in [5, 5.41) is 13.4. The minimum atomic E-state index is -0.819. The number of aliphatic carboxylic acids is 1. The molecule has 104 valence electrons. The van der Waals surface area contributed by atoms with Gasteiger partial charge in [-0.3, -0.25) is 9.59 Å². The molecule has 0 spiro atoms. The molecule has 1 aliphatic carbocycles. The Hall–Kier alpha value is -1.36. The second kappa shape index (κ2) is 5.74. The van der Waals surface area contributed by atoms with Crippen LogP contribution in [0.4, 0.5) is 0 Å². The molecule has 1 heterocycles. The van der Waals surface area contributed by atoms with Crippen LogP contribution in [-0.2, 0) is 16.1 Å². The first-order valence-corrected chi connectivity index (χ1v) is 7.46. The summed E-state index contributed by atoms with van der Waals surface area (Å²) in [6, 6.07) is 1.98. The van der Waals surface area contributed by atoms with Crippen molar-refractivity contribution >= 4 is 23.2 Å². The fourth-order valence-corrected chi connectivity index (χ4v) is 3.35. The van der Waals surface area contributed by atoms with E-state index in [4.69, 9.17) is 0 Å². The third-order valence-corrected chi connectivity index (χ3v) is 4.66. The van der Waals surface area contributed by atoms with E-state index < -0.39 is 11.4 Å². The Bertz CT molecular complexity index is 449. The Morgan fingerprint density at radius 1 is 1.42 bits per heavy atom. The van der Waals surface area contributed by atoms with Gasteiger partial charge in [-0.1, -0.05) is 12.8 Å². The van der Waals surface area contributed by atoms with Gasteiger partial charge in [-0.25, -0.2) is 0 Å². The molecule has 1 amide bonds. The number of carbonyl (C=O) groups excluding carboxylic acids is 1. The normalized spacial score (nSPS) is 17.3. The van der Waals surface area contributed by atoms with Crippen LogP contribution in [0.25, 0.3) is 0 Å². The molecule has 1 saturated carbocycles. The summed E-state index contributed by atoms with van der Waals surface area (Å²) in [5.41, 5.74) is 0.275. The monoisotopic (exact) mass is 281 g/mol. The maximum Gasteiger partial charge on any atom is 0.310 e. The zero-order chi connectivity index (χ0) is 13.9. The largest absolute Gasteiger partial charge is 0.481 e. The average molecular weight is 281 g/mol. The summed E-state index contributed by atoms with van der Waals surface area (Å²) in [7, 11) is 1.74. The van der Waals surface area contributed by atoms with Crippen molar-refractivity contribution in [3.05, 3.63) is 22.4 Å². The molecule has 0 unspecified atom stereocenters. The maximum absolute atomic E-state index is 12.2. The number of hydrogen-bond acceptors (Lipinski definition) is 3. The van der Waals surface area contributed by atoms with E-state index in [-0.39, 0.29) is 12.3 Å². The van der Waals surface area contributed by atoms with Gasteiger partial charge in [-0.05, 0) is 35.2 Å². The van der Waals surface area contributed by atoms with Crippen molar-refractivity contribution < 1.29 is 14.7 Å². The van der Waals surface area contributed by atoms with Gasteiger partial charge >= 0.3 is 5.97 Å². The van der Waals surface area contributed by atoms with Gasteiger partial charge in [0.25, 0.3) is 0 Å². The summed E-state index contributed by atoms with van der Waals surface area (Å²) in [4.78, 5) is 25.3. The lowest BCUT2D eigenvalue weighted by Crippen LogP contribution is -2.36. The van der Waals surface area contributed by atoms with E-state index in [1.54, 1.807) is 23.3 Å². The molecule has 0 aliphatic heterocycles. The van der Waals surface area contributed by atoms with E-state index in [1.807, 2.05) is 16.8 Å². The van der Waals surface area contributed by atoms with Crippen LogP contribution in [0.2, 0.25) is 0 Å². The third-order valence-electron chi connectivity index (χ3n) is 3.93. The van der Waals surface area contributed by atoms with Gasteiger partial charge in [-0.2, -0.15) is 11.3 Å². The number of amides is 1. The molecule has 0 saturated heterocycles. The number of carboxylic acid groups (broad SMARTS) is 1. The highest BCUT2D eigenvalue weighted by molar-refractivity contribution is 7.07. The molecule has 5 heteroatoms. The van der Waals surface area contributed by atoms with Crippen LogP contribution in [0.5, 0.6) is 0 Å². The lowest BCUT2D eigenvalue weighted by atomic mass is 9.82. The minimum absolute atomic E-state index is 0.0736. The van der Waals surface area contributed by atoms with Crippen LogP contribution in [-0.4, -0.2) is 28.9 Å². The average Bonchev–Trinajstić information content (AvgIpc) is 3.00. The predicted molar refractivity (Wildman–Crippen MR) is 73.9 cm³/mol. The fraction of sp³-hybridized carbons (Fsp3) is 0.571. The number of hydrogen-bond donors (Lipinski definition) is 1. The van der Waals surface area contributed by atoms with Gasteiger partial charge in [0.05, 0.1) is 5.41 Å². The second-order valence-electron chi connectivity index (χ2n) is 5.35. The molecule has 1 aromatic heterocycles. The maximum atomic E-state index is 12.2. The van der Waals surface area contributed by atoms with E-state index in [1.165, 1.54) is 0 Å². The van der Waals surface area contributed by atoms with Gasteiger partial charge in [0.2, 0.25) is 5.91 Å². The van der Waals surface area contributed by atoms with Crippen molar-refractivity contribution in [2.45, 2.75) is 38.6 Å². The van der Waals surface area contributed by atoms with Crippen molar-refractivity contribution in [2.24, 2.45) is 5.41 Å². The molecule has 2 rings (SSSR count). The van der Waals surface area contributed by atoms with E-state index in [2.05, 4.69) is 0 Å². The standard InChI is InChI=1S/C14H19NO3S/c1-15(9-11-4-7-19-10-11)12(16)8-14(13(17)18)5-2-3-6-14/h4,7,10H,2-3,5-6,8-9H2,1H3,(H,17,18). The number of nitrogens with zero attached hydrogens (tertiary/aromatic N) is 1. The van der Waals surface area contributed by atoms with Gasteiger partial charge < -0.3 is 10.0 Å². The van der Waals surface area contributed by atoms with Crippen LogP contribution in [0.3, 0.4) is 0 Å². The van der Waals surface area contributed by atoms with Crippen LogP contribution in [0.15, 0.2) is 16.8 Å². The molecule has 0 bridgehead atoms. The first kappa shape index (κ1) is 14.1. The van der Waals surface area contributed by atoms with Gasteiger partial charge in [-0.15, -0.1) is 0 Å². The minimum Gasteiger partial charge on any atom is -0.481 e. The van der Waals surface area contributed by atoms with Gasteiger partial charge in [0.15, 0.2) is 0 Å². The Kier molecular flexibility index (Phi) is 4.24. The van der Waals surface area contributed by atoms with E-state index >= 15 is 0 Å². The Balaban J connectivity index is 1.97. The highest BCUT2D eigenvalue weighted by atomic mass is 32.1. The van der Waals surface area contributed by atoms with E-state index in [0.29, 0.717) is 19.4 Å². The summed E-state index contributed by atoms with van der Waals surface area (Å²) in [6.07, 6.45) is 3.20. The molecule has 1 fully saturated rings. The molecular formula is C14H19NO3S. The predicted octanol–water partition coefficient (Wildman–Crippen LogP) is 2.74. The molecule has 1 aliphatic rings. The Labute approximate surface area is 117 Å².